The van der Waals surface area contributed by atoms with Crippen LogP contribution in [0.1, 0.15) is 134 Å². The maximum Gasteiger partial charge on any atom is 0.0403 e. The molecule has 0 saturated heterocycles. The SMILES string of the molecule is CCCCCCc1ccc(CC[C@H]2CC[C@H](CC[C@H]3CC[C@H](CCC)CC3)CC2)nc1. The Morgan fingerprint density at radius 1 is 0.613 bits per heavy atom. The highest BCUT2D eigenvalue weighted by atomic mass is 14.7. The van der Waals surface area contributed by atoms with Crippen molar-refractivity contribution in [2.45, 2.75) is 136 Å². The lowest BCUT2D eigenvalue weighted by molar-refractivity contribution is 0.209. The van der Waals surface area contributed by atoms with Gasteiger partial charge in [0, 0.05) is 11.9 Å². The third kappa shape index (κ3) is 9.27. The molecule has 2 aliphatic rings. The fraction of sp³-hybridized carbons (Fsp3) is 0.833. The Balaban J connectivity index is 1.25. The van der Waals surface area contributed by atoms with E-state index in [4.69, 9.17) is 4.98 Å². The molecule has 0 atom stereocenters. The standard InChI is InChI=1S/C30H51N/c1-3-5-6-7-9-29-21-23-30(31-24-29)22-20-28-18-16-27(17-19-28)15-14-26-12-10-25(8-4-2)11-13-26/h21,23-28H,3-20,22H2,1-2H3/t25-,26-,27-,28-. The molecule has 1 heteroatoms. The number of aryl methyl sites for hydroxylation is 2. The highest BCUT2D eigenvalue weighted by Gasteiger charge is 2.24. The minimum Gasteiger partial charge on any atom is -0.261 e. The number of hydrogen-bond acceptors (Lipinski definition) is 1. The molecule has 176 valence electrons. The van der Waals surface area contributed by atoms with Gasteiger partial charge in [0.1, 0.15) is 0 Å². The van der Waals surface area contributed by atoms with Gasteiger partial charge in [-0.05, 0) is 61.0 Å². The number of unbranched alkanes of at least 4 members (excludes halogenated alkanes) is 3. The Morgan fingerprint density at radius 2 is 1.19 bits per heavy atom. The molecule has 2 fully saturated rings. The molecule has 0 spiro atoms. The topological polar surface area (TPSA) is 12.9 Å². The van der Waals surface area contributed by atoms with E-state index in [9.17, 15) is 0 Å². The van der Waals surface area contributed by atoms with Gasteiger partial charge in [-0.2, -0.15) is 0 Å². The van der Waals surface area contributed by atoms with Gasteiger partial charge in [0.25, 0.3) is 0 Å². The molecule has 0 aromatic carbocycles. The number of nitrogens with zero attached hydrogens (tertiary/aromatic N) is 1. The zero-order chi connectivity index (χ0) is 21.7. The van der Waals surface area contributed by atoms with Crippen LogP contribution in [0.4, 0.5) is 0 Å². The van der Waals surface area contributed by atoms with Crippen LogP contribution in [0, 0.1) is 23.7 Å². The van der Waals surface area contributed by atoms with E-state index in [1.54, 1.807) is 0 Å². The number of pyridine rings is 1. The van der Waals surface area contributed by atoms with Crippen LogP contribution in [0.5, 0.6) is 0 Å². The summed E-state index contributed by atoms with van der Waals surface area (Å²) in [5.41, 5.74) is 2.75. The average molecular weight is 426 g/mol. The first-order chi connectivity index (χ1) is 15.3. The van der Waals surface area contributed by atoms with Crippen molar-refractivity contribution >= 4 is 0 Å². The zero-order valence-corrected chi connectivity index (χ0v) is 20.9. The Hall–Kier alpha value is -0.850. The van der Waals surface area contributed by atoms with Gasteiger partial charge in [0.15, 0.2) is 0 Å². The van der Waals surface area contributed by atoms with Crippen LogP contribution in [-0.4, -0.2) is 4.98 Å². The van der Waals surface area contributed by atoms with E-state index >= 15 is 0 Å². The second kappa shape index (κ2) is 14.3. The summed E-state index contributed by atoms with van der Waals surface area (Å²) in [7, 11) is 0. The molecule has 0 amide bonds. The summed E-state index contributed by atoms with van der Waals surface area (Å²) < 4.78 is 0. The monoisotopic (exact) mass is 425 g/mol. The van der Waals surface area contributed by atoms with Crippen LogP contribution in [0.25, 0.3) is 0 Å². The number of aromatic nitrogens is 1. The molecule has 3 rings (SSSR count). The van der Waals surface area contributed by atoms with Gasteiger partial charge in [0.2, 0.25) is 0 Å². The quantitative estimate of drug-likeness (QED) is 0.287. The van der Waals surface area contributed by atoms with Crippen molar-refractivity contribution in [3.05, 3.63) is 29.6 Å². The molecule has 2 aliphatic carbocycles. The maximum absolute atomic E-state index is 4.77. The van der Waals surface area contributed by atoms with Crippen molar-refractivity contribution in [2.24, 2.45) is 23.7 Å². The van der Waals surface area contributed by atoms with Crippen LogP contribution in [0.3, 0.4) is 0 Å². The lowest BCUT2D eigenvalue weighted by Gasteiger charge is -2.32. The first kappa shape index (κ1) is 24.8. The van der Waals surface area contributed by atoms with Gasteiger partial charge >= 0.3 is 0 Å². The van der Waals surface area contributed by atoms with Crippen molar-refractivity contribution in [1.82, 2.24) is 4.98 Å². The van der Waals surface area contributed by atoms with Crippen molar-refractivity contribution in [2.75, 3.05) is 0 Å². The Bertz CT molecular complexity index is 561. The summed E-state index contributed by atoms with van der Waals surface area (Å²) >= 11 is 0. The van der Waals surface area contributed by atoms with Crippen molar-refractivity contribution < 1.29 is 0 Å². The van der Waals surface area contributed by atoms with E-state index in [-0.39, 0.29) is 0 Å². The minimum atomic E-state index is 0.955. The van der Waals surface area contributed by atoms with Crippen molar-refractivity contribution in [1.29, 1.82) is 0 Å². The summed E-state index contributed by atoms with van der Waals surface area (Å²) in [5.74, 6) is 4.12. The number of rotatable bonds is 13. The average Bonchev–Trinajstić information content (AvgIpc) is 2.82. The molecule has 1 aromatic heterocycles. The fourth-order valence-electron chi connectivity index (χ4n) is 6.36. The van der Waals surface area contributed by atoms with Crippen LogP contribution in [-0.2, 0) is 12.8 Å². The first-order valence-electron chi connectivity index (χ1n) is 14.2. The lowest BCUT2D eigenvalue weighted by Crippen LogP contribution is -2.18. The smallest absolute Gasteiger partial charge is 0.0403 e. The number of hydrogen-bond donors (Lipinski definition) is 0. The summed E-state index contributed by atoms with van der Waals surface area (Å²) in [6.45, 7) is 4.63. The van der Waals surface area contributed by atoms with Gasteiger partial charge in [-0.25, -0.2) is 0 Å². The van der Waals surface area contributed by atoms with Crippen molar-refractivity contribution in [3.63, 3.8) is 0 Å². The molecule has 0 aliphatic heterocycles. The predicted octanol–water partition coefficient (Wildman–Crippen LogP) is 9.33. The van der Waals surface area contributed by atoms with E-state index in [1.165, 1.54) is 133 Å². The van der Waals surface area contributed by atoms with E-state index < -0.39 is 0 Å². The largest absolute Gasteiger partial charge is 0.261 e. The van der Waals surface area contributed by atoms with E-state index in [0.29, 0.717) is 0 Å². The minimum absolute atomic E-state index is 0.955. The molecule has 2 saturated carbocycles. The summed E-state index contributed by atoms with van der Waals surface area (Å²) in [4.78, 5) is 4.77. The van der Waals surface area contributed by atoms with Gasteiger partial charge in [-0.3, -0.25) is 4.98 Å². The molecule has 0 radical (unpaired) electrons. The highest BCUT2D eigenvalue weighted by Crippen LogP contribution is 2.38. The molecule has 0 unspecified atom stereocenters. The second-order valence-corrected chi connectivity index (χ2v) is 11.1. The Kier molecular flexibility index (Phi) is 11.5. The molecular weight excluding hydrogens is 374 g/mol. The van der Waals surface area contributed by atoms with E-state index in [2.05, 4.69) is 32.2 Å². The Morgan fingerprint density at radius 3 is 1.71 bits per heavy atom. The predicted molar refractivity (Wildman–Crippen MR) is 135 cm³/mol. The van der Waals surface area contributed by atoms with Crippen LogP contribution < -0.4 is 0 Å². The normalized spacial score (nSPS) is 26.8. The van der Waals surface area contributed by atoms with Crippen LogP contribution in [0.15, 0.2) is 18.3 Å². The molecule has 1 aromatic rings. The lowest BCUT2D eigenvalue weighted by atomic mass is 9.74. The summed E-state index contributed by atoms with van der Waals surface area (Å²) in [6, 6.07) is 4.64. The van der Waals surface area contributed by atoms with Gasteiger partial charge in [0.05, 0.1) is 0 Å². The molecule has 31 heavy (non-hydrogen) atoms. The highest BCUT2D eigenvalue weighted by molar-refractivity contribution is 5.14. The molecule has 0 N–H and O–H groups in total. The third-order valence-electron chi connectivity index (χ3n) is 8.63. The summed E-state index contributed by atoms with van der Waals surface area (Å²) in [6.07, 6.45) is 29.3. The van der Waals surface area contributed by atoms with E-state index in [0.717, 1.165) is 23.7 Å². The molecular formula is C30H51N. The van der Waals surface area contributed by atoms with Crippen LogP contribution >= 0.6 is 0 Å². The van der Waals surface area contributed by atoms with E-state index in [1.807, 2.05) is 0 Å². The molecule has 1 heterocycles. The molecule has 0 bridgehead atoms. The summed E-state index contributed by atoms with van der Waals surface area (Å²) in [5, 5.41) is 0. The molecule has 1 nitrogen and oxygen atoms in total. The second-order valence-electron chi connectivity index (χ2n) is 11.1. The third-order valence-corrected chi connectivity index (χ3v) is 8.63. The fourth-order valence-corrected chi connectivity index (χ4v) is 6.36. The zero-order valence-electron chi connectivity index (χ0n) is 20.9. The van der Waals surface area contributed by atoms with Crippen LogP contribution in [0.2, 0.25) is 0 Å². The first-order valence-corrected chi connectivity index (χ1v) is 14.2. The van der Waals surface area contributed by atoms with Gasteiger partial charge < -0.3 is 0 Å². The van der Waals surface area contributed by atoms with Gasteiger partial charge in [-0.15, -0.1) is 0 Å². The van der Waals surface area contributed by atoms with Crippen molar-refractivity contribution in [3.8, 4) is 0 Å². The van der Waals surface area contributed by atoms with Gasteiger partial charge in [-0.1, -0.05) is 116 Å². The maximum atomic E-state index is 4.77. The Labute approximate surface area is 194 Å².